The lowest BCUT2D eigenvalue weighted by molar-refractivity contribution is -0.142. The van der Waals surface area contributed by atoms with Crippen molar-refractivity contribution < 1.29 is 23.7 Å². The maximum Gasteiger partial charge on any atom is 0.302 e. The first-order chi connectivity index (χ1) is 13.2. The van der Waals surface area contributed by atoms with E-state index in [1.165, 1.54) is 6.92 Å². The fourth-order valence-corrected chi connectivity index (χ4v) is 1.71. The largest absolute Gasteiger partial charge is 0.463 e. The highest BCUT2D eigenvalue weighted by atomic mass is 16.6. The molecule has 1 heterocycles. The van der Waals surface area contributed by atoms with Gasteiger partial charge in [0.2, 0.25) is 0 Å². The fourth-order valence-electron chi connectivity index (χ4n) is 1.71. The van der Waals surface area contributed by atoms with Crippen LogP contribution in [0.1, 0.15) is 53.7 Å². The van der Waals surface area contributed by atoms with E-state index in [0.29, 0.717) is 39.6 Å². The van der Waals surface area contributed by atoms with Crippen LogP contribution in [0.4, 0.5) is 0 Å². The van der Waals surface area contributed by atoms with Crippen molar-refractivity contribution in [2.45, 2.75) is 60.9 Å². The average molecular weight is 390 g/mol. The van der Waals surface area contributed by atoms with Gasteiger partial charge in [-0.25, -0.2) is 4.68 Å². The minimum atomic E-state index is -0.298. The molecule has 0 saturated carbocycles. The zero-order chi connectivity index (χ0) is 20.8. The Morgan fingerprint density at radius 3 is 2.15 bits per heavy atom. The number of ether oxygens (including phenoxy) is 4. The molecule has 1 aromatic rings. The molecule has 0 spiro atoms. The number of esters is 1. The van der Waals surface area contributed by atoms with Crippen molar-refractivity contribution in [1.82, 2.24) is 15.0 Å². The van der Waals surface area contributed by atoms with Crippen molar-refractivity contribution in [2.75, 3.05) is 46.2 Å². The van der Waals surface area contributed by atoms with Gasteiger partial charge in [-0.05, 0) is 6.42 Å². The van der Waals surface area contributed by atoms with Gasteiger partial charge in [-0.15, -0.1) is 5.10 Å². The minimum absolute atomic E-state index is 0.275. The summed E-state index contributed by atoms with van der Waals surface area (Å²) in [5.74, 6) is -0.298. The molecule has 8 nitrogen and oxygen atoms in total. The summed E-state index contributed by atoms with van der Waals surface area (Å²) in [6, 6.07) is 0. The highest BCUT2D eigenvalue weighted by molar-refractivity contribution is 5.65. The quantitative estimate of drug-likeness (QED) is 0.357. The van der Waals surface area contributed by atoms with Crippen molar-refractivity contribution in [3.05, 3.63) is 11.9 Å². The summed E-state index contributed by atoms with van der Waals surface area (Å²) in [6.07, 6.45) is 3.63. The number of nitrogens with zero attached hydrogens (tertiary/aromatic N) is 3. The van der Waals surface area contributed by atoms with E-state index >= 15 is 0 Å². The maximum absolute atomic E-state index is 10.6. The third-order valence-corrected chi connectivity index (χ3v) is 2.81. The van der Waals surface area contributed by atoms with E-state index in [4.69, 9.17) is 18.9 Å². The predicted octanol–water partition coefficient (Wildman–Crippen LogP) is 2.90. The molecule has 0 aliphatic heterocycles. The molecule has 0 N–H and O–H groups in total. The van der Waals surface area contributed by atoms with E-state index in [0.717, 1.165) is 25.1 Å². The second kappa shape index (κ2) is 22.5. The molecule has 0 aliphatic carbocycles. The molecule has 0 bridgehead atoms. The molecule has 8 heteroatoms. The zero-order valence-electron chi connectivity index (χ0n) is 18.0. The monoisotopic (exact) mass is 389 g/mol. The maximum atomic E-state index is 10.6. The number of carbonyl (C=O) groups excluding carboxylic acids is 1. The minimum Gasteiger partial charge on any atom is -0.463 e. The van der Waals surface area contributed by atoms with Crippen molar-refractivity contribution >= 4 is 5.97 Å². The van der Waals surface area contributed by atoms with E-state index in [1.54, 1.807) is 4.68 Å². The highest BCUT2D eigenvalue weighted by Crippen LogP contribution is 1.96. The van der Waals surface area contributed by atoms with Crippen LogP contribution >= 0.6 is 0 Å². The molecule has 0 aromatic carbocycles. The molecule has 0 unspecified atom stereocenters. The van der Waals surface area contributed by atoms with Crippen molar-refractivity contribution in [1.29, 1.82) is 0 Å². The van der Waals surface area contributed by atoms with Crippen LogP contribution in [0.15, 0.2) is 6.20 Å². The van der Waals surface area contributed by atoms with Gasteiger partial charge in [0.15, 0.2) is 0 Å². The molecular weight excluding hydrogens is 350 g/mol. The van der Waals surface area contributed by atoms with Crippen LogP contribution < -0.4 is 0 Å². The number of hydrogen-bond acceptors (Lipinski definition) is 7. The van der Waals surface area contributed by atoms with Gasteiger partial charge in [0.1, 0.15) is 6.61 Å². The summed E-state index contributed by atoms with van der Waals surface area (Å²) < 4.78 is 22.6. The molecule has 27 heavy (non-hydrogen) atoms. The molecule has 0 aliphatic rings. The van der Waals surface area contributed by atoms with Gasteiger partial charge in [0.25, 0.3) is 0 Å². The molecule has 1 rings (SSSR count). The van der Waals surface area contributed by atoms with Gasteiger partial charge in [-0.1, -0.05) is 39.8 Å². The number of rotatable bonds is 14. The third-order valence-electron chi connectivity index (χ3n) is 2.81. The SMILES string of the molecule is CC.CC.CCCOCCOCCc1cn(CCOCCOC(C)=O)nn1. The first kappa shape index (κ1) is 27.7. The van der Waals surface area contributed by atoms with Crippen LogP contribution in [0, 0.1) is 0 Å². The number of aromatic nitrogens is 3. The van der Waals surface area contributed by atoms with Crippen LogP contribution in [-0.2, 0) is 36.7 Å². The summed E-state index contributed by atoms with van der Waals surface area (Å²) in [5.41, 5.74) is 0.888. The van der Waals surface area contributed by atoms with Crippen molar-refractivity contribution in [3.8, 4) is 0 Å². The second-order valence-electron chi connectivity index (χ2n) is 4.90. The Bertz CT molecular complexity index is 427. The van der Waals surface area contributed by atoms with Crippen LogP contribution in [-0.4, -0.2) is 67.2 Å². The predicted molar refractivity (Wildman–Crippen MR) is 106 cm³/mol. The number of carbonyl (C=O) groups is 1. The first-order valence-electron chi connectivity index (χ1n) is 9.98. The Balaban J connectivity index is 0. The van der Waals surface area contributed by atoms with Gasteiger partial charge >= 0.3 is 5.97 Å². The molecule has 1 aromatic heterocycles. The summed E-state index contributed by atoms with van der Waals surface area (Å²) in [5, 5.41) is 8.10. The average Bonchev–Trinajstić information content (AvgIpc) is 3.14. The molecule has 0 atom stereocenters. The number of hydrogen-bond donors (Lipinski definition) is 0. The summed E-state index contributed by atoms with van der Waals surface area (Å²) in [4.78, 5) is 10.6. The Morgan fingerprint density at radius 2 is 1.52 bits per heavy atom. The molecule has 0 radical (unpaired) electrons. The standard InChI is InChI=1S/C15H27N3O5.2C2H6/c1-3-6-20-9-10-21-7-4-15-13-18(17-16-15)5-8-22-11-12-23-14(2)19;2*1-2/h13H,3-12H2,1-2H3;2*1-2H3. The van der Waals surface area contributed by atoms with Gasteiger partial charge in [-0.2, -0.15) is 0 Å². The Hall–Kier alpha value is -1.51. The lowest BCUT2D eigenvalue weighted by Crippen LogP contribution is -2.11. The molecule has 0 amide bonds. The Kier molecular flexibility index (Phi) is 23.1. The lowest BCUT2D eigenvalue weighted by atomic mass is 10.3. The van der Waals surface area contributed by atoms with Gasteiger partial charge in [0.05, 0.1) is 45.3 Å². The third kappa shape index (κ3) is 19.1. The summed E-state index contributed by atoms with van der Waals surface area (Å²) >= 11 is 0. The van der Waals surface area contributed by atoms with E-state index in [-0.39, 0.29) is 12.6 Å². The normalized spacial score (nSPS) is 9.70. The van der Waals surface area contributed by atoms with E-state index in [2.05, 4.69) is 17.2 Å². The summed E-state index contributed by atoms with van der Waals surface area (Å²) in [6.45, 7) is 15.8. The zero-order valence-corrected chi connectivity index (χ0v) is 18.0. The van der Waals surface area contributed by atoms with Crippen LogP contribution in [0.25, 0.3) is 0 Å². The molecular formula is C19H39N3O5. The molecule has 0 saturated heterocycles. The van der Waals surface area contributed by atoms with Crippen molar-refractivity contribution in [2.24, 2.45) is 0 Å². The van der Waals surface area contributed by atoms with Crippen LogP contribution in [0.2, 0.25) is 0 Å². The summed E-state index contributed by atoms with van der Waals surface area (Å²) in [7, 11) is 0. The van der Waals surface area contributed by atoms with E-state index in [1.807, 2.05) is 33.9 Å². The first-order valence-corrected chi connectivity index (χ1v) is 9.98. The molecule has 160 valence electrons. The highest BCUT2D eigenvalue weighted by Gasteiger charge is 2.01. The fraction of sp³-hybridized carbons (Fsp3) is 0.842. The second-order valence-corrected chi connectivity index (χ2v) is 4.90. The van der Waals surface area contributed by atoms with E-state index in [9.17, 15) is 4.79 Å². The Morgan fingerprint density at radius 1 is 0.926 bits per heavy atom. The van der Waals surface area contributed by atoms with Gasteiger partial charge < -0.3 is 18.9 Å². The molecule has 0 fully saturated rings. The van der Waals surface area contributed by atoms with Gasteiger partial charge in [0, 0.05) is 26.1 Å². The lowest BCUT2D eigenvalue weighted by Gasteiger charge is -2.04. The van der Waals surface area contributed by atoms with Crippen LogP contribution in [0.5, 0.6) is 0 Å². The topological polar surface area (TPSA) is 84.7 Å². The van der Waals surface area contributed by atoms with Crippen LogP contribution in [0.3, 0.4) is 0 Å². The van der Waals surface area contributed by atoms with E-state index < -0.39 is 0 Å². The Labute approximate surface area is 164 Å². The van der Waals surface area contributed by atoms with Crippen molar-refractivity contribution in [3.63, 3.8) is 0 Å². The smallest absolute Gasteiger partial charge is 0.302 e. The van der Waals surface area contributed by atoms with Gasteiger partial charge in [-0.3, -0.25) is 4.79 Å².